The van der Waals surface area contributed by atoms with Crippen molar-refractivity contribution in [3.05, 3.63) is 32.5 Å². The molecule has 0 saturated carbocycles. The van der Waals surface area contributed by atoms with Gasteiger partial charge in [0, 0.05) is 11.0 Å². The number of hydrogen-bond donors (Lipinski definition) is 1. The van der Waals surface area contributed by atoms with Crippen molar-refractivity contribution in [3.8, 4) is 0 Å². The second kappa shape index (κ2) is 3.40. The van der Waals surface area contributed by atoms with Gasteiger partial charge in [0.15, 0.2) is 0 Å². The van der Waals surface area contributed by atoms with Gasteiger partial charge in [0.2, 0.25) is 5.82 Å². The van der Waals surface area contributed by atoms with Crippen LogP contribution in [-0.4, -0.2) is 4.92 Å². The molecule has 0 heterocycles. The highest BCUT2D eigenvalue weighted by Crippen LogP contribution is 2.28. The molecule has 0 aliphatic carbocycles. The summed E-state index contributed by atoms with van der Waals surface area (Å²) in [6.07, 6.45) is 0. The number of nitro benzene ring substituents is 1. The number of thiol groups is 1. The van der Waals surface area contributed by atoms with Gasteiger partial charge in [0.05, 0.1) is 9.40 Å². The van der Waals surface area contributed by atoms with Crippen LogP contribution in [0, 0.1) is 15.9 Å². The monoisotopic (exact) mass is 251 g/mol. The molecule has 1 aromatic rings. The summed E-state index contributed by atoms with van der Waals surface area (Å²) in [5.74, 6) is -0.877. The van der Waals surface area contributed by atoms with Gasteiger partial charge in [0.1, 0.15) is 0 Å². The Balaban J connectivity index is 3.37. The minimum Gasteiger partial charge on any atom is -0.258 e. The quantitative estimate of drug-likeness (QED) is 0.474. The SMILES string of the molecule is O=[N+]([O-])c1cc(S)cc(Br)c1F. The lowest BCUT2D eigenvalue weighted by Crippen LogP contribution is -1.93. The maximum absolute atomic E-state index is 12.9. The third kappa shape index (κ3) is 1.75. The summed E-state index contributed by atoms with van der Waals surface area (Å²) in [7, 11) is 0. The number of rotatable bonds is 1. The molecule has 0 fully saturated rings. The van der Waals surface area contributed by atoms with Crippen molar-refractivity contribution in [1.82, 2.24) is 0 Å². The molecule has 0 atom stereocenters. The summed E-state index contributed by atoms with van der Waals surface area (Å²) < 4.78 is 13.0. The van der Waals surface area contributed by atoms with Gasteiger partial charge in [0.25, 0.3) is 0 Å². The molecule has 0 spiro atoms. The maximum atomic E-state index is 12.9. The molecule has 12 heavy (non-hydrogen) atoms. The average Bonchev–Trinajstić information content (AvgIpc) is 1.96. The number of hydrogen-bond acceptors (Lipinski definition) is 3. The molecule has 0 aromatic heterocycles. The molecule has 0 bridgehead atoms. The molecule has 0 aliphatic rings. The molecular weight excluding hydrogens is 249 g/mol. The molecule has 1 aromatic carbocycles. The zero-order chi connectivity index (χ0) is 9.30. The molecule has 0 unspecified atom stereocenters. The van der Waals surface area contributed by atoms with Crippen LogP contribution in [0.15, 0.2) is 21.5 Å². The van der Waals surface area contributed by atoms with E-state index in [-0.39, 0.29) is 4.47 Å². The van der Waals surface area contributed by atoms with Gasteiger partial charge in [-0.15, -0.1) is 12.6 Å². The number of nitrogens with zero attached hydrogens (tertiary/aromatic N) is 1. The van der Waals surface area contributed by atoms with E-state index in [2.05, 4.69) is 28.6 Å². The lowest BCUT2D eigenvalue weighted by Gasteiger charge is -1.97. The standard InChI is InChI=1S/C6H3BrFNO2S/c7-4-1-3(12)2-5(6(4)8)9(10)11/h1-2,12H. The second-order valence-electron chi connectivity index (χ2n) is 2.02. The summed E-state index contributed by atoms with van der Waals surface area (Å²) in [6, 6.07) is 2.41. The van der Waals surface area contributed by atoms with E-state index in [1.165, 1.54) is 6.07 Å². The predicted octanol–water partition coefficient (Wildman–Crippen LogP) is 2.79. The van der Waals surface area contributed by atoms with E-state index >= 15 is 0 Å². The second-order valence-corrected chi connectivity index (χ2v) is 3.39. The Morgan fingerprint density at radius 3 is 2.67 bits per heavy atom. The Morgan fingerprint density at radius 1 is 1.58 bits per heavy atom. The van der Waals surface area contributed by atoms with Crippen LogP contribution in [0.2, 0.25) is 0 Å². The van der Waals surface area contributed by atoms with Crippen molar-refractivity contribution in [2.24, 2.45) is 0 Å². The van der Waals surface area contributed by atoms with Crippen LogP contribution in [0.4, 0.5) is 10.1 Å². The Morgan fingerprint density at radius 2 is 2.17 bits per heavy atom. The predicted molar refractivity (Wildman–Crippen MR) is 48.0 cm³/mol. The van der Waals surface area contributed by atoms with Gasteiger partial charge in [-0.25, -0.2) is 0 Å². The summed E-state index contributed by atoms with van der Waals surface area (Å²) in [5.41, 5.74) is -0.575. The lowest BCUT2D eigenvalue weighted by atomic mass is 10.3. The van der Waals surface area contributed by atoms with Gasteiger partial charge >= 0.3 is 5.69 Å². The van der Waals surface area contributed by atoms with Crippen molar-refractivity contribution in [1.29, 1.82) is 0 Å². The molecule has 0 saturated heterocycles. The molecule has 0 amide bonds. The van der Waals surface area contributed by atoms with Crippen molar-refractivity contribution in [2.75, 3.05) is 0 Å². The summed E-state index contributed by atoms with van der Waals surface area (Å²) in [5, 5.41) is 10.2. The van der Waals surface area contributed by atoms with Crippen LogP contribution >= 0.6 is 28.6 Å². The largest absolute Gasteiger partial charge is 0.307 e. The number of nitro groups is 1. The summed E-state index contributed by atoms with van der Waals surface area (Å²) in [4.78, 5) is 9.79. The first-order valence-corrected chi connectivity index (χ1v) is 4.09. The van der Waals surface area contributed by atoms with Crippen molar-refractivity contribution < 1.29 is 9.31 Å². The van der Waals surface area contributed by atoms with Crippen LogP contribution in [0.1, 0.15) is 0 Å². The van der Waals surface area contributed by atoms with Gasteiger partial charge in [-0.2, -0.15) is 4.39 Å². The third-order valence-corrected chi connectivity index (χ3v) is 2.03. The molecule has 3 nitrogen and oxygen atoms in total. The first kappa shape index (κ1) is 9.47. The fourth-order valence-electron chi connectivity index (χ4n) is 0.694. The normalized spacial score (nSPS) is 9.92. The Bertz CT molecular complexity index is 345. The van der Waals surface area contributed by atoms with Crippen LogP contribution in [-0.2, 0) is 0 Å². The van der Waals surface area contributed by atoms with Crippen molar-refractivity contribution in [2.45, 2.75) is 4.90 Å². The third-order valence-electron chi connectivity index (χ3n) is 1.19. The number of benzene rings is 1. The fourth-order valence-corrected chi connectivity index (χ4v) is 1.57. The Hall–Kier alpha value is -0.620. The molecule has 0 N–H and O–H groups in total. The zero-order valence-electron chi connectivity index (χ0n) is 5.62. The summed E-state index contributed by atoms with van der Waals surface area (Å²) >= 11 is 6.70. The Kier molecular flexibility index (Phi) is 2.69. The van der Waals surface area contributed by atoms with Crippen molar-refractivity contribution >= 4 is 34.2 Å². The van der Waals surface area contributed by atoms with E-state index in [4.69, 9.17) is 0 Å². The van der Waals surface area contributed by atoms with Crippen LogP contribution in [0.3, 0.4) is 0 Å². The van der Waals surface area contributed by atoms with Gasteiger partial charge in [-0.3, -0.25) is 10.1 Å². The first-order chi connectivity index (χ1) is 5.52. The molecule has 0 aliphatic heterocycles. The minimum atomic E-state index is -0.877. The molecule has 0 radical (unpaired) electrons. The molecule has 64 valence electrons. The average molecular weight is 252 g/mol. The smallest absolute Gasteiger partial charge is 0.258 e. The van der Waals surface area contributed by atoms with Crippen LogP contribution < -0.4 is 0 Å². The molecular formula is C6H3BrFNO2S. The molecule has 1 rings (SSSR count). The number of halogens is 2. The Labute approximate surface area is 81.3 Å². The first-order valence-electron chi connectivity index (χ1n) is 2.85. The van der Waals surface area contributed by atoms with E-state index in [1.807, 2.05) is 0 Å². The maximum Gasteiger partial charge on any atom is 0.307 e. The van der Waals surface area contributed by atoms with Crippen molar-refractivity contribution in [3.63, 3.8) is 0 Å². The van der Waals surface area contributed by atoms with E-state index in [9.17, 15) is 14.5 Å². The van der Waals surface area contributed by atoms with Crippen LogP contribution in [0.5, 0.6) is 0 Å². The highest BCUT2D eigenvalue weighted by Gasteiger charge is 2.17. The van der Waals surface area contributed by atoms with Gasteiger partial charge in [-0.05, 0) is 22.0 Å². The fraction of sp³-hybridized carbons (Fsp3) is 0. The van der Waals surface area contributed by atoms with E-state index < -0.39 is 16.4 Å². The minimum absolute atomic E-state index is 0.0432. The lowest BCUT2D eigenvalue weighted by molar-refractivity contribution is -0.387. The van der Waals surface area contributed by atoms with E-state index in [0.29, 0.717) is 4.90 Å². The highest BCUT2D eigenvalue weighted by molar-refractivity contribution is 9.10. The van der Waals surface area contributed by atoms with Gasteiger partial charge in [-0.1, -0.05) is 0 Å². The van der Waals surface area contributed by atoms with Gasteiger partial charge < -0.3 is 0 Å². The topological polar surface area (TPSA) is 43.1 Å². The zero-order valence-corrected chi connectivity index (χ0v) is 8.10. The molecule has 6 heteroatoms. The highest BCUT2D eigenvalue weighted by atomic mass is 79.9. The van der Waals surface area contributed by atoms with Crippen LogP contribution in [0.25, 0.3) is 0 Å². The van der Waals surface area contributed by atoms with E-state index in [1.54, 1.807) is 0 Å². The van der Waals surface area contributed by atoms with E-state index in [0.717, 1.165) is 6.07 Å². The summed E-state index contributed by atoms with van der Waals surface area (Å²) in [6.45, 7) is 0.